The first-order valence-electron chi connectivity index (χ1n) is 9.13. The molecule has 1 amide bonds. The number of amides is 1. The van der Waals surface area contributed by atoms with E-state index in [1.807, 2.05) is 0 Å². The van der Waals surface area contributed by atoms with Crippen LogP contribution in [0.3, 0.4) is 0 Å². The molecule has 0 fully saturated rings. The van der Waals surface area contributed by atoms with E-state index in [2.05, 4.69) is 21.4 Å². The molecule has 0 aliphatic carbocycles. The molecule has 0 saturated heterocycles. The van der Waals surface area contributed by atoms with Crippen LogP contribution in [0.2, 0.25) is 0 Å². The molecule has 0 bridgehead atoms. The van der Waals surface area contributed by atoms with Crippen LogP contribution in [0.5, 0.6) is 11.6 Å². The molecule has 0 spiro atoms. The Labute approximate surface area is 171 Å². The van der Waals surface area contributed by atoms with E-state index in [4.69, 9.17) is 10.00 Å². The van der Waals surface area contributed by atoms with Gasteiger partial charge in [0, 0.05) is 31.4 Å². The maximum Gasteiger partial charge on any atom is 0.326 e. The normalized spacial score (nSPS) is 10.5. The fourth-order valence-electron chi connectivity index (χ4n) is 2.99. The van der Waals surface area contributed by atoms with Crippen molar-refractivity contribution in [2.24, 2.45) is 7.05 Å². The molecule has 0 aliphatic heterocycles. The zero-order valence-corrected chi connectivity index (χ0v) is 16.0. The number of aryl methyl sites for hydroxylation is 1. The lowest BCUT2D eigenvalue weighted by atomic mass is 10.2. The Bertz CT molecular complexity index is 1330. The highest BCUT2D eigenvalue weighted by molar-refractivity contribution is 5.97. The number of pyridine rings is 1. The number of carbonyl (C=O) groups is 1. The van der Waals surface area contributed by atoms with Crippen molar-refractivity contribution < 1.29 is 9.53 Å². The van der Waals surface area contributed by atoms with E-state index in [9.17, 15) is 9.59 Å². The summed E-state index contributed by atoms with van der Waals surface area (Å²) in [6, 6.07) is 17.4. The zero-order chi connectivity index (χ0) is 21.1. The Kier molecular flexibility index (Phi) is 5.01. The number of nitriles is 1. The summed E-state index contributed by atoms with van der Waals surface area (Å²) in [5, 5.41) is 11.8. The van der Waals surface area contributed by atoms with E-state index >= 15 is 0 Å². The highest BCUT2D eigenvalue weighted by atomic mass is 16.5. The van der Waals surface area contributed by atoms with Gasteiger partial charge in [-0.25, -0.2) is 9.78 Å². The van der Waals surface area contributed by atoms with Crippen LogP contribution in [-0.4, -0.2) is 20.4 Å². The maximum absolute atomic E-state index is 12.4. The van der Waals surface area contributed by atoms with Gasteiger partial charge in [0.05, 0.1) is 22.7 Å². The van der Waals surface area contributed by atoms with Gasteiger partial charge in [-0.15, -0.1) is 0 Å². The Morgan fingerprint density at radius 1 is 1.23 bits per heavy atom. The third-order valence-electron chi connectivity index (χ3n) is 4.60. The number of aromatic amines is 1. The van der Waals surface area contributed by atoms with Gasteiger partial charge in [0.15, 0.2) is 0 Å². The first-order chi connectivity index (χ1) is 14.5. The lowest BCUT2D eigenvalue weighted by molar-refractivity contribution is 0.0951. The number of nitrogens with zero attached hydrogens (tertiary/aromatic N) is 3. The number of carbonyl (C=O) groups excluding carboxylic acids is 1. The number of rotatable bonds is 5. The molecule has 2 heterocycles. The number of aromatic nitrogens is 3. The monoisotopic (exact) mass is 399 g/mol. The Morgan fingerprint density at radius 2 is 2.10 bits per heavy atom. The van der Waals surface area contributed by atoms with Gasteiger partial charge < -0.3 is 15.0 Å². The van der Waals surface area contributed by atoms with E-state index in [-0.39, 0.29) is 11.6 Å². The van der Waals surface area contributed by atoms with Crippen LogP contribution in [0.15, 0.2) is 65.6 Å². The number of fused-ring (bicyclic) bond motifs is 1. The molecule has 2 N–H and O–H groups in total. The molecule has 0 saturated carbocycles. The van der Waals surface area contributed by atoms with E-state index in [1.165, 1.54) is 4.57 Å². The maximum atomic E-state index is 12.4. The lowest BCUT2D eigenvalue weighted by Gasteiger charge is -2.08. The minimum absolute atomic E-state index is 0.227. The van der Waals surface area contributed by atoms with Gasteiger partial charge in [-0.2, -0.15) is 5.26 Å². The standard InChI is InChI=1S/C22H17N5O3/c1-27-19-7-6-16(10-18(19)26-22(27)29)21(28)25-13-15-5-8-20(24-12-15)30-17-4-2-3-14(9-17)11-23/h2-10,12H,13H2,1H3,(H,25,28)(H,26,29). The first kappa shape index (κ1) is 19.0. The molecule has 2 aromatic heterocycles. The molecular weight excluding hydrogens is 382 g/mol. The van der Waals surface area contributed by atoms with Crippen molar-refractivity contribution in [3.63, 3.8) is 0 Å². The fraction of sp³-hybridized carbons (Fsp3) is 0.0909. The summed E-state index contributed by atoms with van der Waals surface area (Å²) in [4.78, 5) is 31.1. The molecule has 30 heavy (non-hydrogen) atoms. The van der Waals surface area contributed by atoms with E-state index in [0.717, 1.165) is 11.1 Å². The van der Waals surface area contributed by atoms with Crippen LogP contribution in [-0.2, 0) is 13.6 Å². The molecule has 0 atom stereocenters. The SMILES string of the molecule is Cn1c(=O)[nH]c2cc(C(=O)NCc3ccc(Oc4cccc(C#N)c4)nc3)ccc21. The van der Waals surface area contributed by atoms with Gasteiger partial charge >= 0.3 is 5.69 Å². The number of hydrogen-bond acceptors (Lipinski definition) is 5. The second-order valence-electron chi connectivity index (χ2n) is 6.65. The van der Waals surface area contributed by atoms with Crippen LogP contribution in [0, 0.1) is 11.3 Å². The third-order valence-corrected chi connectivity index (χ3v) is 4.60. The number of imidazole rings is 1. The van der Waals surface area contributed by atoms with Crippen molar-refractivity contribution in [2.45, 2.75) is 6.54 Å². The van der Waals surface area contributed by atoms with E-state index in [1.54, 1.807) is 67.8 Å². The topological polar surface area (TPSA) is 113 Å². The first-order valence-corrected chi connectivity index (χ1v) is 9.13. The summed E-state index contributed by atoms with van der Waals surface area (Å²) >= 11 is 0. The minimum atomic E-state index is -0.254. The molecular formula is C22H17N5O3. The van der Waals surface area contributed by atoms with Crippen LogP contribution in [0.4, 0.5) is 0 Å². The molecule has 148 valence electrons. The van der Waals surface area contributed by atoms with Crippen molar-refractivity contribution in [2.75, 3.05) is 0 Å². The number of ether oxygens (including phenoxy) is 1. The predicted molar refractivity (Wildman–Crippen MR) is 110 cm³/mol. The summed E-state index contributed by atoms with van der Waals surface area (Å²) in [6.07, 6.45) is 1.61. The van der Waals surface area contributed by atoms with Gasteiger partial charge in [0.25, 0.3) is 5.91 Å². The van der Waals surface area contributed by atoms with Gasteiger partial charge in [-0.1, -0.05) is 12.1 Å². The average molecular weight is 399 g/mol. The number of benzene rings is 2. The number of nitrogens with one attached hydrogen (secondary N) is 2. The molecule has 0 radical (unpaired) electrons. The summed E-state index contributed by atoms with van der Waals surface area (Å²) < 4.78 is 7.13. The quantitative estimate of drug-likeness (QED) is 0.536. The van der Waals surface area contributed by atoms with Gasteiger partial charge in [0.2, 0.25) is 5.88 Å². The third kappa shape index (κ3) is 3.91. The van der Waals surface area contributed by atoms with Gasteiger partial charge in [0.1, 0.15) is 5.75 Å². The van der Waals surface area contributed by atoms with Crippen LogP contribution in [0.25, 0.3) is 11.0 Å². The molecule has 4 aromatic rings. The van der Waals surface area contributed by atoms with Crippen molar-refractivity contribution in [3.05, 3.63) is 88.0 Å². The number of H-pyrrole nitrogens is 1. The van der Waals surface area contributed by atoms with Crippen molar-refractivity contribution in [1.29, 1.82) is 5.26 Å². The summed E-state index contributed by atoms with van der Waals surface area (Å²) in [5.41, 5.74) is 2.88. The Morgan fingerprint density at radius 3 is 2.87 bits per heavy atom. The van der Waals surface area contributed by atoms with Crippen molar-refractivity contribution in [1.82, 2.24) is 19.9 Å². The second-order valence-corrected chi connectivity index (χ2v) is 6.65. The molecule has 8 heteroatoms. The molecule has 4 rings (SSSR count). The fourth-order valence-corrected chi connectivity index (χ4v) is 2.99. The minimum Gasteiger partial charge on any atom is -0.439 e. The summed E-state index contributed by atoms with van der Waals surface area (Å²) in [6.45, 7) is 0.291. The second kappa shape index (κ2) is 7.93. The highest BCUT2D eigenvalue weighted by Crippen LogP contribution is 2.20. The largest absolute Gasteiger partial charge is 0.439 e. The Hall–Kier alpha value is -4.38. The molecule has 2 aromatic carbocycles. The van der Waals surface area contributed by atoms with E-state index < -0.39 is 0 Å². The van der Waals surface area contributed by atoms with Crippen LogP contribution < -0.4 is 15.7 Å². The smallest absolute Gasteiger partial charge is 0.326 e. The Balaban J connectivity index is 1.39. The van der Waals surface area contributed by atoms with Gasteiger partial charge in [-0.05, 0) is 42.0 Å². The molecule has 0 aliphatic rings. The van der Waals surface area contributed by atoms with Crippen molar-refractivity contribution in [3.8, 4) is 17.7 Å². The average Bonchev–Trinajstić information content (AvgIpc) is 3.06. The molecule has 0 unspecified atom stereocenters. The predicted octanol–water partition coefficient (Wildman–Crippen LogP) is 2.86. The van der Waals surface area contributed by atoms with Crippen molar-refractivity contribution >= 4 is 16.9 Å². The zero-order valence-electron chi connectivity index (χ0n) is 16.0. The summed E-state index contributed by atoms with van der Waals surface area (Å²) in [7, 11) is 1.67. The highest BCUT2D eigenvalue weighted by Gasteiger charge is 2.10. The lowest BCUT2D eigenvalue weighted by Crippen LogP contribution is -2.22. The summed E-state index contributed by atoms with van der Waals surface area (Å²) in [5.74, 6) is 0.658. The van der Waals surface area contributed by atoms with Crippen LogP contribution >= 0.6 is 0 Å². The number of hydrogen-bond donors (Lipinski definition) is 2. The van der Waals surface area contributed by atoms with Crippen LogP contribution in [0.1, 0.15) is 21.5 Å². The van der Waals surface area contributed by atoms with E-state index in [0.29, 0.717) is 34.8 Å². The van der Waals surface area contributed by atoms with Gasteiger partial charge in [-0.3, -0.25) is 9.36 Å². The molecule has 8 nitrogen and oxygen atoms in total.